The third-order valence-electron chi connectivity index (χ3n) is 4.85. The topological polar surface area (TPSA) is 96.6 Å². The molecule has 1 heterocycles. The zero-order valence-corrected chi connectivity index (χ0v) is 17.7. The lowest BCUT2D eigenvalue weighted by Crippen LogP contribution is -2.37. The molecular formula is C22H25FN4O4. The Balaban J connectivity index is 1.69. The lowest BCUT2D eigenvalue weighted by atomic mass is 10.2. The summed E-state index contributed by atoms with van der Waals surface area (Å²) in [5.41, 5.74) is 0.994. The van der Waals surface area contributed by atoms with Gasteiger partial charge in [-0.25, -0.2) is 9.37 Å². The second-order valence-corrected chi connectivity index (χ2v) is 6.94. The maximum Gasteiger partial charge on any atom is 0.258 e. The minimum Gasteiger partial charge on any atom is -0.493 e. The van der Waals surface area contributed by atoms with Crippen LogP contribution in [0, 0.1) is 5.82 Å². The number of aromatic amines is 1. The summed E-state index contributed by atoms with van der Waals surface area (Å²) in [5.74, 6) is 0.869. The number of H-pyrrole nitrogens is 1. The molecule has 0 saturated carbocycles. The number of nitrogens with one attached hydrogen (secondary N) is 2. The van der Waals surface area contributed by atoms with Gasteiger partial charge in [-0.3, -0.25) is 14.5 Å². The first-order chi connectivity index (χ1) is 14.9. The quantitative estimate of drug-likeness (QED) is 0.543. The van der Waals surface area contributed by atoms with Gasteiger partial charge in [0.25, 0.3) is 5.56 Å². The smallest absolute Gasteiger partial charge is 0.258 e. The van der Waals surface area contributed by atoms with Crippen molar-refractivity contribution < 1.29 is 18.7 Å². The van der Waals surface area contributed by atoms with Crippen molar-refractivity contribution >= 4 is 16.8 Å². The predicted octanol–water partition coefficient (Wildman–Crippen LogP) is 2.22. The van der Waals surface area contributed by atoms with Crippen molar-refractivity contribution in [3.05, 3.63) is 64.0 Å². The number of rotatable bonds is 9. The molecule has 0 unspecified atom stereocenters. The summed E-state index contributed by atoms with van der Waals surface area (Å²) in [6.45, 7) is 3.23. The fourth-order valence-electron chi connectivity index (χ4n) is 3.14. The van der Waals surface area contributed by atoms with Crippen LogP contribution in [-0.4, -0.2) is 48.1 Å². The van der Waals surface area contributed by atoms with Gasteiger partial charge in [0.05, 0.1) is 38.2 Å². The van der Waals surface area contributed by atoms with E-state index in [0.29, 0.717) is 47.9 Å². The number of carbonyl (C=O) groups excluding carboxylic acids is 1. The van der Waals surface area contributed by atoms with Crippen molar-refractivity contribution in [1.29, 1.82) is 0 Å². The molecule has 0 spiro atoms. The SMILES string of the molecule is CCN(CC(=O)NCc1ccc(F)cc1)Cc1nc2cc(OC)c(OC)cc2c(=O)[nH]1. The van der Waals surface area contributed by atoms with Crippen molar-refractivity contribution in [1.82, 2.24) is 20.2 Å². The maximum atomic E-state index is 13.0. The van der Waals surface area contributed by atoms with E-state index >= 15 is 0 Å². The summed E-state index contributed by atoms with van der Waals surface area (Å²) in [7, 11) is 3.01. The van der Waals surface area contributed by atoms with Crippen LogP contribution in [0.25, 0.3) is 10.9 Å². The van der Waals surface area contributed by atoms with Gasteiger partial charge in [0.2, 0.25) is 5.91 Å². The third kappa shape index (κ3) is 5.58. The monoisotopic (exact) mass is 428 g/mol. The number of ether oxygens (including phenoxy) is 2. The number of benzene rings is 2. The number of halogens is 1. The highest BCUT2D eigenvalue weighted by molar-refractivity contribution is 5.82. The lowest BCUT2D eigenvalue weighted by molar-refractivity contribution is -0.122. The van der Waals surface area contributed by atoms with E-state index in [9.17, 15) is 14.0 Å². The van der Waals surface area contributed by atoms with Gasteiger partial charge in [0.1, 0.15) is 11.6 Å². The fraction of sp³-hybridized carbons (Fsp3) is 0.318. The van der Waals surface area contributed by atoms with Crippen LogP contribution in [0.2, 0.25) is 0 Å². The van der Waals surface area contributed by atoms with Crippen LogP contribution >= 0.6 is 0 Å². The minimum atomic E-state index is -0.319. The van der Waals surface area contributed by atoms with Gasteiger partial charge in [0, 0.05) is 12.6 Å². The number of aromatic nitrogens is 2. The molecule has 3 aromatic rings. The Hall–Kier alpha value is -3.46. The summed E-state index contributed by atoms with van der Waals surface area (Å²) < 4.78 is 23.5. The minimum absolute atomic E-state index is 0.130. The molecule has 1 amide bonds. The number of likely N-dealkylation sites (N-methyl/N-ethyl adjacent to an activating group) is 1. The summed E-state index contributed by atoms with van der Waals surface area (Å²) in [6, 6.07) is 9.20. The van der Waals surface area contributed by atoms with Crippen molar-refractivity contribution in [2.75, 3.05) is 27.3 Å². The number of amides is 1. The third-order valence-corrected chi connectivity index (χ3v) is 4.85. The van der Waals surface area contributed by atoms with E-state index in [-0.39, 0.29) is 23.8 Å². The first-order valence-electron chi connectivity index (χ1n) is 9.82. The molecule has 2 aromatic carbocycles. The van der Waals surface area contributed by atoms with Crippen molar-refractivity contribution in [2.45, 2.75) is 20.0 Å². The molecule has 0 aliphatic rings. The molecule has 31 heavy (non-hydrogen) atoms. The maximum absolute atomic E-state index is 13.0. The average Bonchev–Trinajstić information content (AvgIpc) is 2.77. The number of hydrogen-bond acceptors (Lipinski definition) is 6. The van der Waals surface area contributed by atoms with Gasteiger partial charge in [-0.1, -0.05) is 19.1 Å². The lowest BCUT2D eigenvalue weighted by Gasteiger charge is -2.19. The van der Waals surface area contributed by atoms with Crippen LogP contribution in [0.3, 0.4) is 0 Å². The van der Waals surface area contributed by atoms with Gasteiger partial charge in [-0.2, -0.15) is 0 Å². The molecule has 9 heteroatoms. The molecule has 0 aliphatic heterocycles. The molecule has 164 valence electrons. The number of carbonyl (C=O) groups is 1. The van der Waals surface area contributed by atoms with Crippen LogP contribution in [0.15, 0.2) is 41.2 Å². The molecule has 0 saturated heterocycles. The Morgan fingerprint density at radius 3 is 2.48 bits per heavy atom. The van der Waals surface area contributed by atoms with E-state index in [1.165, 1.54) is 26.4 Å². The van der Waals surface area contributed by atoms with E-state index in [1.54, 1.807) is 24.3 Å². The second kappa shape index (κ2) is 10.0. The zero-order chi connectivity index (χ0) is 22.4. The van der Waals surface area contributed by atoms with Crippen LogP contribution in [0.4, 0.5) is 4.39 Å². The number of fused-ring (bicyclic) bond motifs is 1. The Morgan fingerprint density at radius 2 is 1.84 bits per heavy atom. The fourth-order valence-corrected chi connectivity index (χ4v) is 3.14. The molecule has 0 fully saturated rings. The highest BCUT2D eigenvalue weighted by Crippen LogP contribution is 2.29. The van der Waals surface area contributed by atoms with Crippen molar-refractivity contribution in [3.8, 4) is 11.5 Å². The first-order valence-corrected chi connectivity index (χ1v) is 9.82. The molecule has 1 aromatic heterocycles. The van der Waals surface area contributed by atoms with Gasteiger partial charge in [0.15, 0.2) is 11.5 Å². The Bertz CT molecular complexity index is 1110. The van der Waals surface area contributed by atoms with Crippen LogP contribution in [0.1, 0.15) is 18.3 Å². The van der Waals surface area contributed by atoms with Gasteiger partial charge >= 0.3 is 0 Å². The molecule has 3 rings (SSSR count). The number of hydrogen-bond donors (Lipinski definition) is 2. The normalized spacial score (nSPS) is 11.0. The Morgan fingerprint density at radius 1 is 1.16 bits per heavy atom. The standard InChI is InChI=1S/C22H25FN4O4/c1-4-27(13-21(28)24-11-14-5-7-15(23)8-6-14)12-20-25-17-10-19(31-3)18(30-2)9-16(17)22(29)26-20/h5-10H,4,11-13H2,1-3H3,(H,24,28)(H,25,26,29). The Labute approximate surface area is 179 Å². The zero-order valence-electron chi connectivity index (χ0n) is 17.7. The Kier molecular flexibility index (Phi) is 7.19. The molecule has 8 nitrogen and oxygen atoms in total. The summed E-state index contributed by atoms with van der Waals surface area (Å²) in [5, 5.41) is 3.20. The van der Waals surface area contributed by atoms with Crippen LogP contribution < -0.4 is 20.3 Å². The first kappa shape index (κ1) is 22.2. The van der Waals surface area contributed by atoms with Gasteiger partial charge in [-0.15, -0.1) is 0 Å². The highest BCUT2D eigenvalue weighted by Gasteiger charge is 2.14. The average molecular weight is 428 g/mol. The molecular weight excluding hydrogens is 403 g/mol. The molecule has 0 atom stereocenters. The van der Waals surface area contributed by atoms with Crippen molar-refractivity contribution in [2.24, 2.45) is 0 Å². The summed E-state index contributed by atoms with van der Waals surface area (Å²) >= 11 is 0. The summed E-state index contributed by atoms with van der Waals surface area (Å²) in [4.78, 5) is 34.0. The van der Waals surface area contributed by atoms with Crippen molar-refractivity contribution in [3.63, 3.8) is 0 Å². The van der Waals surface area contributed by atoms with Gasteiger partial charge < -0.3 is 19.8 Å². The molecule has 2 N–H and O–H groups in total. The predicted molar refractivity (Wildman–Crippen MR) is 115 cm³/mol. The summed E-state index contributed by atoms with van der Waals surface area (Å²) in [6.07, 6.45) is 0. The van der Waals surface area contributed by atoms with Crippen LogP contribution in [0.5, 0.6) is 11.5 Å². The van der Waals surface area contributed by atoms with E-state index in [0.717, 1.165) is 5.56 Å². The molecule has 0 radical (unpaired) electrons. The largest absolute Gasteiger partial charge is 0.493 e. The van der Waals surface area contributed by atoms with E-state index < -0.39 is 0 Å². The van der Waals surface area contributed by atoms with Gasteiger partial charge in [-0.05, 0) is 30.3 Å². The van der Waals surface area contributed by atoms with Crippen LogP contribution in [-0.2, 0) is 17.9 Å². The van der Waals surface area contributed by atoms with E-state index in [2.05, 4.69) is 15.3 Å². The number of nitrogens with zero attached hydrogens (tertiary/aromatic N) is 2. The van der Waals surface area contributed by atoms with E-state index in [4.69, 9.17) is 9.47 Å². The number of methoxy groups -OCH3 is 2. The second-order valence-electron chi connectivity index (χ2n) is 6.94. The highest BCUT2D eigenvalue weighted by atomic mass is 19.1. The van der Waals surface area contributed by atoms with E-state index in [1.807, 2.05) is 11.8 Å². The molecule has 0 bridgehead atoms. The molecule has 0 aliphatic carbocycles.